The van der Waals surface area contributed by atoms with E-state index in [0.29, 0.717) is 22.6 Å². The second-order valence-electron chi connectivity index (χ2n) is 9.92. The molecule has 0 atom stereocenters. The van der Waals surface area contributed by atoms with Crippen molar-refractivity contribution >= 4 is 47.1 Å². The SMILES string of the molecule is O=C(NCCCSC1CCCCC1)c1ccc(/C=C2\Sc3ccccc3N(Cc3ccccc3F)C2=O)cc1. The molecule has 1 aliphatic heterocycles. The van der Waals surface area contributed by atoms with Crippen molar-refractivity contribution < 1.29 is 14.0 Å². The second kappa shape index (κ2) is 13.4. The Labute approximate surface area is 238 Å². The van der Waals surface area contributed by atoms with E-state index in [2.05, 4.69) is 17.1 Å². The zero-order valence-corrected chi connectivity index (χ0v) is 23.5. The third kappa shape index (κ3) is 7.14. The number of halogens is 1. The molecule has 5 rings (SSSR count). The Morgan fingerprint density at radius 1 is 1.00 bits per heavy atom. The first-order valence-corrected chi connectivity index (χ1v) is 15.5. The van der Waals surface area contributed by atoms with Crippen LogP contribution in [0.5, 0.6) is 0 Å². The van der Waals surface area contributed by atoms with Crippen LogP contribution in [-0.4, -0.2) is 29.4 Å². The van der Waals surface area contributed by atoms with Gasteiger partial charge in [0.15, 0.2) is 0 Å². The molecule has 1 fully saturated rings. The molecule has 4 nitrogen and oxygen atoms in total. The van der Waals surface area contributed by atoms with Crippen LogP contribution >= 0.6 is 23.5 Å². The summed E-state index contributed by atoms with van der Waals surface area (Å²) in [5.41, 5.74) is 2.68. The predicted molar refractivity (Wildman–Crippen MR) is 161 cm³/mol. The summed E-state index contributed by atoms with van der Waals surface area (Å²) in [6, 6.07) is 21.5. The smallest absolute Gasteiger partial charge is 0.265 e. The Morgan fingerprint density at radius 2 is 1.74 bits per heavy atom. The minimum atomic E-state index is -0.330. The lowest BCUT2D eigenvalue weighted by Gasteiger charge is -2.30. The number of thioether (sulfide) groups is 2. The fourth-order valence-electron chi connectivity index (χ4n) is 4.96. The van der Waals surface area contributed by atoms with Gasteiger partial charge in [-0.05, 0) is 67.0 Å². The lowest BCUT2D eigenvalue weighted by Crippen LogP contribution is -2.34. The number of rotatable bonds is 9. The molecule has 0 radical (unpaired) electrons. The molecule has 1 N–H and O–H groups in total. The summed E-state index contributed by atoms with van der Waals surface area (Å²) in [4.78, 5) is 29.2. The quantitative estimate of drug-likeness (QED) is 0.215. The molecular weight excluding hydrogens is 527 g/mol. The molecule has 1 saturated carbocycles. The molecule has 7 heteroatoms. The highest BCUT2D eigenvalue weighted by Gasteiger charge is 2.29. The number of amides is 2. The number of hydrogen-bond donors (Lipinski definition) is 1. The first-order valence-electron chi connectivity index (χ1n) is 13.6. The number of anilines is 1. The van der Waals surface area contributed by atoms with Gasteiger partial charge in [0.1, 0.15) is 5.82 Å². The van der Waals surface area contributed by atoms with E-state index in [-0.39, 0.29) is 24.2 Å². The molecule has 2 aliphatic rings. The molecule has 0 unspecified atom stereocenters. The summed E-state index contributed by atoms with van der Waals surface area (Å²) in [5.74, 6) is 0.503. The van der Waals surface area contributed by atoms with E-state index < -0.39 is 0 Å². The van der Waals surface area contributed by atoms with Gasteiger partial charge in [-0.15, -0.1) is 0 Å². The molecule has 0 saturated heterocycles. The van der Waals surface area contributed by atoms with Gasteiger partial charge in [-0.25, -0.2) is 4.39 Å². The van der Waals surface area contributed by atoms with Crippen LogP contribution in [0.2, 0.25) is 0 Å². The number of benzene rings is 3. The van der Waals surface area contributed by atoms with Gasteiger partial charge in [-0.3, -0.25) is 9.59 Å². The summed E-state index contributed by atoms with van der Waals surface area (Å²) in [7, 11) is 0. The standard InChI is InChI=1S/C32H33FN2O2S2/c33-27-12-5-4-9-25(27)22-35-28-13-6-7-14-29(28)39-30(32(35)37)21-23-15-17-24(18-16-23)31(36)34-19-8-20-38-26-10-2-1-3-11-26/h4-7,9,12-18,21,26H,1-3,8,10-11,19-20,22H2,(H,34,36)/b30-21-. The van der Waals surface area contributed by atoms with Crippen molar-refractivity contribution in [2.45, 2.75) is 55.2 Å². The first kappa shape index (κ1) is 27.5. The van der Waals surface area contributed by atoms with E-state index in [1.165, 1.54) is 49.9 Å². The van der Waals surface area contributed by atoms with E-state index in [4.69, 9.17) is 0 Å². The number of hydrogen-bond acceptors (Lipinski definition) is 4. The normalized spacial score (nSPS) is 16.8. The number of fused-ring (bicyclic) bond motifs is 1. The van der Waals surface area contributed by atoms with Gasteiger partial charge in [0.2, 0.25) is 0 Å². The maximum absolute atomic E-state index is 14.4. The zero-order chi connectivity index (χ0) is 27.0. The summed E-state index contributed by atoms with van der Waals surface area (Å²) >= 11 is 3.46. The van der Waals surface area contributed by atoms with Gasteiger partial charge in [-0.1, -0.05) is 73.5 Å². The fraction of sp³-hybridized carbons (Fsp3) is 0.312. The van der Waals surface area contributed by atoms with Crippen LogP contribution in [-0.2, 0) is 11.3 Å². The minimum absolute atomic E-state index is 0.0787. The third-order valence-corrected chi connectivity index (χ3v) is 9.65. The Balaban J connectivity index is 1.21. The summed E-state index contributed by atoms with van der Waals surface area (Å²) in [5, 5.41) is 3.82. The molecule has 2 amide bonds. The maximum Gasteiger partial charge on any atom is 0.265 e. The lowest BCUT2D eigenvalue weighted by molar-refractivity contribution is -0.114. The molecule has 0 aromatic heterocycles. The highest BCUT2D eigenvalue weighted by Crippen LogP contribution is 2.42. The van der Waals surface area contributed by atoms with Crippen molar-refractivity contribution in [1.29, 1.82) is 0 Å². The fourth-order valence-corrected chi connectivity index (χ4v) is 7.33. The molecule has 39 heavy (non-hydrogen) atoms. The minimum Gasteiger partial charge on any atom is -0.352 e. The van der Waals surface area contributed by atoms with Crippen LogP contribution in [0.1, 0.15) is 60.0 Å². The highest BCUT2D eigenvalue weighted by atomic mass is 32.2. The average molecular weight is 561 g/mol. The van der Waals surface area contributed by atoms with E-state index >= 15 is 0 Å². The van der Waals surface area contributed by atoms with Crippen LogP contribution in [0, 0.1) is 5.82 Å². The van der Waals surface area contributed by atoms with Gasteiger partial charge < -0.3 is 10.2 Å². The van der Waals surface area contributed by atoms with Gasteiger partial charge in [0.25, 0.3) is 11.8 Å². The zero-order valence-electron chi connectivity index (χ0n) is 21.9. The molecule has 3 aromatic rings. The van der Waals surface area contributed by atoms with E-state index in [9.17, 15) is 14.0 Å². The summed E-state index contributed by atoms with van der Waals surface area (Å²) in [6.45, 7) is 0.825. The van der Waals surface area contributed by atoms with Crippen LogP contribution in [0.3, 0.4) is 0 Å². The third-order valence-electron chi connectivity index (χ3n) is 7.10. The molecule has 3 aromatic carbocycles. The number of nitrogens with one attached hydrogen (secondary N) is 1. The van der Waals surface area contributed by atoms with Crippen molar-refractivity contribution in [3.05, 3.63) is 100 Å². The van der Waals surface area contributed by atoms with E-state index in [1.807, 2.05) is 42.5 Å². The van der Waals surface area contributed by atoms with Crippen LogP contribution in [0.15, 0.2) is 82.6 Å². The average Bonchev–Trinajstić information content (AvgIpc) is 2.97. The van der Waals surface area contributed by atoms with E-state index in [1.54, 1.807) is 35.2 Å². The number of carbonyl (C=O) groups excluding carboxylic acids is 2. The molecule has 0 bridgehead atoms. The van der Waals surface area contributed by atoms with Crippen molar-refractivity contribution in [3.8, 4) is 0 Å². The van der Waals surface area contributed by atoms with Crippen LogP contribution in [0.4, 0.5) is 10.1 Å². The maximum atomic E-state index is 14.4. The van der Waals surface area contributed by atoms with Gasteiger partial charge >= 0.3 is 0 Å². The van der Waals surface area contributed by atoms with Gasteiger partial charge in [0, 0.05) is 27.8 Å². The van der Waals surface area contributed by atoms with Crippen LogP contribution in [0.25, 0.3) is 6.08 Å². The van der Waals surface area contributed by atoms with Crippen LogP contribution < -0.4 is 10.2 Å². The van der Waals surface area contributed by atoms with Gasteiger partial charge in [-0.2, -0.15) is 11.8 Å². The number of carbonyl (C=O) groups is 2. The Kier molecular flexibility index (Phi) is 9.43. The van der Waals surface area contributed by atoms with Crippen molar-refractivity contribution in [3.63, 3.8) is 0 Å². The Bertz CT molecular complexity index is 1340. The van der Waals surface area contributed by atoms with Gasteiger partial charge in [0.05, 0.1) is 17.1 Å². The molecule has 0 spiro atoms. The van der Waals surface area contributed by atoms with Crippen molar-refractivity contribution in [1.82, 2.24) is 5.32 Å². The monoisotopic (exact) mass is 560 g/mol. The summed E-state index contributed by atoms with van der Waals surface area (Å²) in [6.07, 6.45) is 9.56. The highest BCUT2D eigenvalue weighted by molar-refractivity contribution is 8.04. The Hall–Kier alpha value is -3.03. The first-order chi connectivity index (χ1) is 19.1. The number of para-hydroxylation sites is 1. The molecule has 202 valence electrons. The molecule has 1 heterocycles. The molecular formula is C32H33FN2O2S2. The Morgan fingerprint density at radius 3 is 2.54 bits per heavy atom. The number of nitrogens with zero attached hydrogens (tertiary/aromatic N) is 1. The van der Waals surface area contributed by atoms with E-state index in [0.717, 1.165) is 33.6 Å². The van der Waals surface area contributed by atoms with Crippen molar-refractivity contribution in [2.24, 2.45) is 0 Å². The molecule has 1 aliphatic carbocycles. The largest absolute Gasteiger partial charge is 0.352 e. The predicted octanol–water partition coefficient (Wildman–Crippen LogP) is 7.69. The summed E-state index contributed by atoms with van der Waals surface area (Å²) < 4.78 is 14.4. The lowest BCUT2D eigenvalue weighted by atomic mass is 10.0. The van der Waals surface area contributed by atoms with Crippen molar-refractivity contribution in [2.75, 3.05) is 17.2 Å². The second-order valence-corrected chi connectivity index (χ2v) is 12.4. The topological polar surface area (TPSA) is 49.4 Å².